The first-order valence-corrected chi connectivity index (χ1v) is 12.3. The second-order valence-electron chi connectivity index (χ2n) is 7.86. The van der Waals surface area contributed by atoms with Gasteiger partial charge in [0.2, 0.25) is 5.88 Å². The monoisotopic (exact) mass is 494 g/mol. The highest BCUT2D eigenvalue weighted by Crippen LogP contribution is 2.28. The number of rotatable bonds is 10. The van der Waals surface area contributed by atoms with E-state index in [2.05, 4.69) is 25.0 Å². The van der Waals surface area contributed by atoms with Gasteiger partial charge in [-0.15, -0.1) is 0 Å². The molecule has 0 aliphatic heterocycles. The Morgan fingerprint density at radius 1 is 0.943 bits per heavy atom. The van der Waals surface area contributed by atoms with Crippen molar-refractivity contribution in [2.75, 3.05) is 44.4 Å². The Kier molecular flexibility index (Phi) is 7.28. The maximum absolute atomic E-state index is 13.1. The van der Waals surface area contributed by atoms with Gasteiger partial charge in [-0.05, 0) is 44.4 Å². The molecule has 0 amide bonds. The second kappa shape index (κ2) is 10.5. The molecule has 0 atom stereocenters. The summed E-state index contributed by atoms with van der Waals surface area (Å²) in [5, 5.41) is 3.13. The number of hydrogen-bond donors (Lipinski definition) is 2. The summed E-state index contributed by atoms with van der Waals surface area (Å²) in [6.07, 6.45) is 1.25. The van der Waals surface area contributed by atoms with E-state index in [1.54, 1.807) is 25.3 Å². The Hall–Kier alpha value is -3.96. The number of para-hydroxylation sites is 2. The van der Waals surface area contributed by atoms with E-state index >= 15 is 0 Å². The van der Waals surface area contributed by atoms with E-state index < -0.39 is 10.0 Å². The molecule has 2 aromatic heterocycles. The fraction of sp³-hybridized carbons (Fsp3) is 0.208. The third kappa shape index (κ3) is 6.14. The zero-order chi connectivity index (χ0) is 24.8. The zero-order valence-electron chi connectivity index (χ0n) is 19.6. The number of sulfonamides is 1. The first kappa shape index (κ1) is 24.2. The average molecular weight is 495 g/mol. The number of likely N-dealkylation sites (N-methyl/N-ethyl adjacent to an activating group) is 1. The third-order valence-electron chi connectivity index (χ3n) is 4.94. The number of nitrogens with zero attached hydrogens (tertiary/aromatic N) is 4. The molecule has 0 saturated carbocycles. The topological polar surface area (TPSA) is 119 Å². The number of methoxy groups -OCH3 is 1. The molecule has 4 aromatic rings. The first-order chi connectivity index (χ1) is 16.8. The van der Waals surface area contributed by atoms with Gasteiger partial charge in [-0.2, -0.15) is 0 Å². The summed E-state index contributed by atoms with van der Waals surface area (Å²) in [6.45, 7) is 1.16. The van der Waals surface area contributed by atoms with E-state index in [0.717, 1.165) is 0 Å². The number of hydrogen-bond acceptors (Lipinski definition) is 9. The van der Waals surface area contributed by atoms with Crippen LogP contribution < -0.4 is 19.5 Å². The van der Waals surface area contributed by atoms with Crippen molar-refractivity contribution in [1.29, 1.82) is 0 Å². The summed E-state index contributed by atoms with van der Waals surface area (Å²) in [5.74, 6) is 1.29. The summed E-state index contributed by atoms with van der Waals surface area (Å²) >= 11 is 0. The van der Waals surface area contributed by atoms with Gasteiger partial charge in [0, 0.05) is 24.4 Å². The lowest BCUT2D eigenvalue weighted by Gasteiger charge is -2.14. The van der Waals surface area contributed by atoms with Crippen molar-refractivity contribution in [3.63, 3.8) is 0 Å². The van der Waals surface area contributed by atoms with Gasteiger partial charge < -0.3 is 19.7 Å². The highest BCUT2D eigenvalue weighted by molar-refractivity contribution is 7.92. The van der Waals surface area contributed by atoms with Crippen molar-refractivity contribution >= 4 is 38.4 Å². The number of benzene rings is 2. The molecular formula is C24H26N6O4S. The van der Waals surface area contributed by atoms with Gasteiger partial charge in [0.1, 0.15) is 17.3 Å². The van der Waals surface area contributed by atoms with Crippen LogP contribution in [0.1, 0.15) is 0 Å². The number of anilines is 3. The van der Waals surface area contributed by atoms with Gasteiger partial charge in [-0.1, -0.05) is 18.2 Å². The Balaban J connectivity index is 1.62. The molecule has 0 saturated heterocycles. The maximum atomic E-state index is 13.1. The van der Waals surface area contributed by atoms with Crippen molar-refractivity contribution in [2.45, 2.75) is 4.90 Å². The molecular weight excluding hydrogens is 468 g/mol. The fourth-order valence-corrected chi connectivity index (χ4v) is 4.08. The van der Waals surface area contributed by atoms with Crippen LogP contribution in [0, 0.1) is 0 Å². The van der Waals surface area contributed by atoms with E-state index in [9.17, 15) is 8.42 Å². The van der Waals surface area contributed by atoms with E-state index in [1.165, 1.54) is 18.3 Å². The van der Waals surface area contributed by atoms with Crippen molar-refractivity contribution in [2.24, 2.45) is 0 Å². The Bertz CT molecular complexity index is 1410. The minimum Gasteiger partial charge on any atom is -0.497 e. The molecule has 11 heteroatoms. The standard InChI is InChI=1S/C24H26N6O4S/c1-30(2)13-14-34-22-12-11-19(16-25-22)35(31,32)29-24-23(26-17-7-6-8-18(15-17)33-3)27-20-9-4-5-10-21(20)28-24/h4-12,15-16H,13-14H2,1-3H3,(H,26,27)(H,28,29). The Labute approximate surface area is 204 Å². The number of nitrogens with one attached hydrogen (secondary N) is 2. The van der Waals surface area contributed by atoms with Crippen molar-refractivity contribution in [1.82, 2.24) is 19.9 Å². The fourth-order valence-electron chi connectivity index (χ4n) is 3.13. The van der Waals surface area contributed by atoms with E-state index in [4.69, 9.17) is 9.47 Å². The molecule has 2 aromatic carbocycles. The number of fused-ring (bicyclic) bond motifs is 1. The van der Waals surface area contributed by atoms with Crippen molar-refractivity contribution in [3.8, 4) is 11.6 Å². The van der Waals surface area contributed by atoms with Crippen LogP contribution in [0.4, 0.5) is 17.3 Å². The molecule has 35 heavy (non-hydrogen) atoms. The quantitative estimate of drug-likeness (QED) is 0.341. The lowest BCUT2D eigenvalue weighted by Crippen LogP contribution is -2.20. The maximum Gasteiger partial charge on any atom is 0.264 e. The number of pyridine rings is 1. The molecule has 0 aliphatic carbocycles. The molecule has 182 valence electrons. The zero-order valence-corrected chi connectivity index (χ0v) is 20.4. The normalized spacial score (nSPS) is 11.4. The molecule has 0 fully saturated rings. The van der Waals surface area contributed by atoms with E-state index in [-0.39, 0.29) is 16.5 Å². The average Bonchev–Trinajstić information content (AvgIpc) is 2.84. The number of aromatic nitrogens is 3. The van der Waals surface area contributed by atoms with Gasteiger partial charge in [0.15, 0.2) is 11.6 Å². The van der Waals surface area contributed by atoms with Gasteiger partial charge in [-0.3, -0.25) is 4.72 Å². The highest BCUT2D eigenvalue weighted by Gasteiger charge is 2.20. The van der Waals surface area contributed by atoms with Gasteiger partial charge in [0.25, 0.3) is 10.0 Å². The summed E-state index contributed by atoms with van der Waals surface area (Å²) < 4.78 is 39.6. The molecule has 0 bridgehead atoms. The Morgan fingerprint density at radius 2 is 1.69 bits per heavy atom. The van der Waals surface area contributed by atoms with Crippen LogP contribution >= 0.6 is 0 Å². The third-order valence-corrected chi connectivity index (χ3v) is 6.27. The van der Waals surface area contributed by atoms with Crippen molar-refractivity contribution in [3.05, 3.63) is 66.9 Å². The number of ether oxygens (including phenoxy) is 2. The van der Waals surface area contributed by atoms with Crippen LogP contribution in [0.5, 0.6) is 11.6 Å². The molecule has 4 rings (SSSR count). The molecule has 10 nitrogen and oxygen atoms in total. The SMILES string of the molecule is COc1cccc(Nc2nc3ccccc3nc2NS(=O)(=O)c2ccc(OCCN(C)C)nc2)c1. The first-order valence-electron chi connectivity index (χ1n) is 10.8. The van der Waals surface area contributed by atoms with Crippen LogP contribution in [0.25, 0.3) is 11.0 Å². The molecule has 0 aliphatic rings. The molecule has 2 heterocycles. The van der Waals surface area contributed by atoms with Gasteiger partial charge >= 0.3 is 0 Å². The van der Waals surface area contributed by atoms with Crippen LogP contribution in [-0.2, 0) is 10.0 Å². The molecule has 0 spiro atoms. The van der Waals surface area contributed by atoms with Crippen LogP contribution in [0.2, 0.25) is 0 Å². The molecule has 0 unspecified atom stereocenters. The lowest BCUT2D eigenvalue weighted by atomic mass is 10.3. The van der Waals surface area contributed by atoms with Gasteiger partial charge in [-0.25, -0.2) is 23.4 Å². The van der Waals surface area contributed by atoms with Crippen LogP contribution in [0.3, 0.4) is 0 Å². The molecule has 0 radical (unpaired) electrons. The predicted molar refractivity (Wildman–Crippen MR) is 135 cm³/mol. The van der Waals surface area contributed by atoms with Crippen LogP contribution in [0.15, 0.2) is 71.8 Å². The minimum absolute atomic E-state index is 0.0280. The summed E-state index contributed by atoms with van der Waals surface area (Å²) in [5.41, 5.74) is 1.82. The van der Waals surface area contributed by atoms with E-state index in [0.29, 0.717) is 41.5 Å². The smallest absolute Gasteiger partial charge is 0.264 e. The van der Waals surface area contributed by atoms with Crippen LogP contribution in [-0.4, -0.2) is 62.6 Å². The minimum atomic E-state index is -4.00. The lowest BCUT2D eigenvalue weighted by molar-refractivity contribution is 0.253. The predicted octanol–water partition coefficient (Wildman–Crippen LogP) is 3.52. The highest BCUT2D eigenvalue weighted by atomic mass is 32.2. The van der Waals surface area contributed by atoms with E-state index in [1.807, 2.05) is 49.3 Å². The summed E-state index contributed by atoms with van der Waals surface area (Å²) in [4.78, 5) is 15.2. The largest absolute Gasteiger partial charge is 0.497 e. The molecule has 2 N–H and O–H groups in total. The second-order valence-corrected chi connectivity index (χ2v) is 9.54. The summed E-state index contributed by atoms with van der Waals surface area (Å²) in [6, 6.07) is 17.4. The Morgan fingerprint density at radius 3 is 2.34 bits per heavy atom. The summed E-state index contributed by atoms with van der Waals surface area (Å²) in [7, 11) is 1.44. The van der Waals surface area contributed by atoms with Gasteiger partial charge in [0.05, 0.1) is 24.3 Å². The van der Waals surface area contributed by atoms with Crippen molar-refractivity contribution < 1.29 is 17.9 Å².